The van der Waals surface area contributed by atoms with Crippen LogP contribution in [0.4, 0.5) is 0 Å². The van der Waals surface area contributed by atoms with Gasteiger partial charge in [0.05, 0.1) is 0 Å². The summed E-state index contributed by atoms with van der Waals surface area (Å²) in [5.41, 5.74) is 4.02. The first-order valence-electron chi connectivity index (χ1n) is 5.59. The highest BCUT2D eigenvalue weighted by Gasteiger charge is 2.08. The van der Waals surface area contributed by atoms with Crippen molar-refractivity contribution in [3.05, 3.63) is 35.3 Å². The van der Waals surface area contributed by atoms with Crippen molar-refractivity contribution in [2.45, 2.75) is 47.3 Å². The van der Waals surface area contributed by atoms with Crippen molar-refractivity contribution in [3.8, 4) is 0 Å². The molecule has 78 valence electrons. The minimum atomic E-state index is 0.572. The third kappa shape index (κ3) is 4.50. The van der Waals surface area contributed by atoms with Crippen LogP contribution in [0.3, 0.4) is 0 Å². The molecule has 0 aromatic rings. The van der Waals surface area contributed by atoms with Gasteiger partial charge >= 0.3 is 0 Å². The van der Waals surface area contributed by atoms with E-state index in [0.29, 0.717) is 6.71 Å². The Morgan fingerprint density at radius 2 is 1.86 bits per heavy atom. The molecule has 0 saturated carbocycles. The van der Waals surface area contributed by atoms with Crippen LogP contribution >= 0.6 is 0 Å². The monoisotopic (exact) mass is 190 g/mol. The van der Waals surface area contributed by atoms with E-state index in [1.165, 1.54) is 16.6 Å². The Morgan fingerprint density at radius 1 is 1.29 bits per heavy atom. The summed E-state index contributed by atoms with van der Waals surface area (Å²) in [6, 6.07) is 0. The Balaban J connectivity index is 4.82. The molecule has 0 aliphatic rings. The average molecular weight is 190 g/mol. The van der Waals surface area contributed by atoms with Crippen molar-refractivity contribution >= 4 is 6.71 Å². The summed E-state index contributed by atoms with van der Waals surface area (Å²) >= 11 is 0. The molecule has 0 saturated heterocycles. The van der Waals surface area contributed by atoms with E-state index in [1.807, 2.05) is 0 Å². The normalized spacial score (nSPS) is 12.9. The van der Waals surface area contributed by atoms with E-state index >= 15 is 0 Å². The van der Waals surface area contributed by atoms with Crippen LogP contribution in [0.2, 0.25) is 13.6 Å². The minimum Gasteiger partial charge on any atom is -0.0964 e. The molecule has 0 bridgehead atoms. The molecule has 0 rings (SSSR count). The Morgan fingerprint density at radius 3 is 2.21 bits per heavy atom. The van der Waals surface area contributed by atoms with Crippen molar-refractivity contribution in [3.63, 3.8) is 0 Å². The standard InChI is InChI=1S/C13H23B/c1-7-9-11(3)10-13(14(5)6)12(4)8-2/h9-10H,4,7-8H2,1-3,5-6H3/b11-9-,13-10+. The molecule has 0 spiro atoms. The van der Waals surface area contributed by atoms with E-state index in [9.17, 15) is 0 Å². The Labute approximate surface area is 89.9 Å². The average Bonchev–Trinajstić information content (AvgIpc) is 2.13. The van der Waals surface area contributed by atoms with Gasteiger partial charge in [-0.25, -0.2) is 0 Å². The van der Waals surface area contributed by atoms with Gasteiger partial charge in [0, 0.05) is 0 Å². The molecule has 0 aromatic carbocycles. The lowest BCUT2D eigenvalue weighted by atomic mass is 9.46. The van der Waals surface area contributed by atoms with E-state index in [4.69, 9.17) is 0 Å². The fraction of sp³-hybridized carbons (Fsp3) is 0.538. The van der Waals surface area contributed by atoms with Gasteiger partial charge in [-0.2, -0.15) is 0 Å². The summed E-state index contributed by atoms with van der Waals surface area (Å²) < 4.78 is 0. The number of hydrogen-bond donors (Lipinski definition) is 0. The van der Waals surface area contributed by atoms with Gasteiger partial charge in [-0.1, -0.05) is 62.8 Å². The van der Waals surface area contributed by atoms with Crippen molar-refractivity contribution < 1.29 is 0 Å². The second-order valence-electron chi connectivity index (χ2n) is 4.07. The number of allylic oxidation sites excluding steroid dienone is 5. The van der Waals surface area contributed by atoms with Crippen molar-refractivity contribution in [1.29, 1.82) is 0 Å². The van der Waals surface area contributed by atoms with Crippen molar-refractivity contribution in [1.82, 2.24) is 0 Å². The molecule has 0 aliphatic heterocycles. The van der Waals surface area contributed by atoms with Gasteiger partial charge in [-0.05, 0) is 19.8 Å². The van der Waals surface area contributed by atoms with Crippen LogP contribution < -0.4 is 0 Å². The minimum absolute atomic E-state index is 0.572. The van der Waals surface area contributed by atoms with Crippen LogP contribution in [0.15, 0.2) is 35.3 Å². The number of rotatable bonds is 5. The molecule has 0 heterocycles. The van der Waals surface area contributed by atoms with Gasteiger partial charge < -0.3 is 0 Å². The van der Waals surface area contributed by atoms with Crippen molar-refractivity contribution in [2.75, 3.05) is 0 Å². The molecule has 0 aliphatic carbocycles. The predicted octanol–water partition coefficient (Wildman–Crippen LogP) is 4.53. The van der Waals surface area contributed by atoms with E-state index in [0.717, 1.165) is 12.8 Å². The molecule has 0 atom stereocenters. The van der Waals surface area contributed by atoms with Crippen LogP contribution in [0.1, 0.15) is 33.6 Å². The summed E-state index contributed by atoms with van der Waals surface area (Å²) in [5.74, 6) is 0. The highest BCUT2D eigenvalue weighted by molar-refractivity contribution is 6.65. The third-order valence-corrected chi connectivity index (χ3v) is 2.37. The highest BCUT2D eigenvalue weighted by Crippen LogP contribution is 2.17. The zero-order chi connectivity index (χ0) is 11.1. The third-order valence-electron chi connectivity index (χ3n) is 2.37. The summed E-state index contributed by atoms with van der Waals surface area (Å²) in [4.78, 5) is 0. The van der Waals surface area contributed by atoms with Crippen molar-refractivity contribution in [2.24, 2.45) is 0 Å². The Kier molecular flexibility index (Phi) is 6.35. The first-order chi connectivity index (χ1) is 6.52. The summed E-state index contributed by atoms with van der Waals surface area (Å²) in [6.07, 6.45) is 6.68. The van der Waals surface area contributed by atoms with Crippen LogP contribution in [-0.2, 0) is 0 Å². The first-order valence-corrected chi connectivity index (χ1v) is 5.59. The van der Waals surface area contributed by atoms with Crippen LogP contribution in [0.5, 0.6) is 0 Å². The second kappa shape index (κ2) is 6.70. The molecule has 0 nitrogen and oxygen atoms in total. The molecule has 1 heteroatoms. The molecule has 14 heavy (non-hydrogen) atoms. The quantitative estimate of drug-likeness (QED) is 0.441. The highest BCUT2D eigenvalue weighted by atomic mass is 14.0. The number of hydrogen-bond acceptors (Lipinski definition) is 0. The van der Waals surface area contributed by atoms with Gasteiger partial charge in [0.1, 0.15) is 0 Å². The zero-order valence-corrected chi connectivity index (χ0v) is 10.4. The van der Waals surface area contributed by atoms with Crippen LogP contribution in [0, 0.1) is 0 Å². The topological polar surface area (TPSA) is 0 Å². The molecule has 0 radical (unpaired) electrons. The summed E-state index contributed by atoms with van der Waals surface area (Å²) in [6.45, 7) is 15.6. The molecule has 0 fully saturated rings. The van der Waals surface area contributed by atoms with E-state index in [2.05, 4.69) is 53.1 Å². The largest absolute Gasteiger partial charge is 0.169 e. The maximum Gasteiger partial charge on any atom is 0.169 e. The molecule has 0 aromatic heterocycles. The lowest BCUT2D eigenvalue weighted by molar-refractivity contribution is 1.14. The van der Waals surface area contributed by atoms with Gasteiger partial charge in [0.15, 0.2) is 6.71 Å². The lowest BCUT2D eigenvalue weighted by Crippen LogP contribution is -2.07. The zero-order valence-electron chi connectivity index (χ0n) is 10.4. The van der Waals surface area contributed by atoms with Crippen LogP contribution in [0.25, 0.3) is 0 Å². The molecule has 0 unspecified atom stereocenters. The predicted molar refractivity (Wildman–Crippen MR) is 69.0 cm³/mol. The van der Waals surface area contributed by atoms with Gasteiger partial charge in [0.25, 0.3) is 0 Å². The van der Waals surface area contributed by atoms with E-state index in [-0.39, 0.29) is 0 Å². The fourth-order valence-electron chi connectivity index (χ4n) is 1.51. The Hall–Kier alpha value is -0.715. The van der Waals surface area contributed by atoms with Gasteiger partial charge in [-0.3, -0.25) is 0 Å². The maximum absolute atomic E-state index is 4.11. The molecule has 0 N–H and O–H groups in total. The molecular formula is C13H23B. The SMILES string of the molecule is C=C(CC)/C(=C\C(C)=C/CC)B(C)C. The van der Waals surface area contributed by atoms with E-state index < -0.39 is 0 Å². The first kappa shape index (κ1) is 13.3. The lowest BCUT2D eigenvalue weighted by Gasteiger charge is -2.11. The fourth-order valence-corrected chi connectivity index (χ4v) is 1.51. The summed E-state index contributed by atoms with van der Waals surface area (Å²) in [5, 5.41) is 0. The van der Waals surface area contributed by atoms with Gasteiger partial charge in [-0.15, -0.1) is 0 Å². The maximum atomic E-state index is 4.11. The van der Waals surface area contributed by atoms with Crippen LogP contribution in [-0.4, -0.2) is 6.71 Å². The molecular weight excluding hydrogens is 167 g/mol. The smallest absolute Gasteiger partial charge is 0.0964 e. The van der Waals surface area contributed by atoms with Gasteiger partial charge in [0.2, 0.25) is 0 Å². The summed E-state index contributed by atoms with van der Waals surface area (Å²) in [7, 11) is 0. The second-order valence-corrected chi connectivity index (χ2v) is 4.07. The molecule has 0 amide bonds. The van der Waals surface area contributed by atoms with E-state index in [1.54, 1.807) is 0 Å². The Bertz CT molecular complexity index is 244.